The number of carboxylic acid groups (broad SMARTS) is 1. The van der Waals surface area contributed by atoms with Gasteiger partial charge in [-0.2, -0.15) is 0 Å². The first-order valence-corrected chi connectivity index (χ1v) is 5.95. The Morgan fingerprint density at radius 2 is 1.84 bits per heavy atom. The molecule has 1 aromatic carbocycles. The van der Waals surface area contributed by atoms with Crippen molar-refractivity contribution in [2.75, 3.05) is 51.2 Å². The van der Waals surface area contributed by atoms with E-state index in [4.69, 9.17) is 20.3 Å². The predicted molar refractivity (Wildman–Crippen MR) is 73.8 cm³/mol. The summed E-state index contributed by atoms with van der Waals surface area (Å²) in [5.41, 5.74) is 6.80. The largest absolute Gasteiger partial charge is 0.478 e. The molecule has 0 fully saturated rings. The number of aromatic carboxylic acids is 1. The fraction of sp³-hybridized carbons (Fsp3) is 0.462. The van der Waals surface area contributed by atoms with E-state index < -0.39 is 5.97 Å². The van der Waals surface area contributed by atoms with Crippen molar-refractivity contribution >= 4 is 17.3 Å². The normalized spacial score (nSPS) is 10.4. The molecule has 0 aliphatic rings. The van der Waals surface area contributed by atoms with Crippen molar-refractivity contribution < 1.29 is 19.4 Å². The van der Waals surface area contributed by atoms with Gasteiger partial charge in [0.1, 0.15) is 0 Å². The maximum atomic E-state index is 11.1. The third-order valence-corrected chi connectivity index (χ3v) is 2.76. The molecule has 0 aliphatic heterocycles. The highest BCUT2D eigenvalue weighted by Gasteiger charge is 2.12. The molecule has 0 saturated carbocycles. The van der Waals surface area contributed by atoms with E-state index >= 15 is 0 Å². The standard InChI is InChI=1S/C13H20N2O4/c1-18-7-5-15(6-8-19-2)10-3-4-12(14)11(9-10)13(16)17/h3-4,9H,5-8,14H2,1-2H3,(H,16,17). The molecule has 106 valence electrons. The van der Waals surface area contributed by atoms with E-state index in [1.165, 1.54) is 0 Å². The van der Waals surface area contributed by atoms with Gasteiger partial charge in [-0.25, -0.2) is 4.79 Å². The number of nitrogen functional groups attached to an aromatic ring is 1. The number of carboxylic acids is 1. The van der Waals surface area contributed by atoms with Crippen molar-refractivity contribution in [3.05, 3.63) is 23.8 Å². The van der Waals surface area contributed by atoms with Gasteiger partial charge in [0, 0.05) is 38.7 Å². The van der Waals surface area contributed by atoms with Crippen molar-refractivity contribution in [2.24, 2.45) is 0 Å². The predicted octanol–water partition coefficient (Wildman–Crippen LogP) is 1.07. The number of methoxy groups -OCH3 is 2. The molecule has 6 heteroatoms. The Bertz CT molecular complexity index is 415. The van der Waals surface area contributed by atoms with Gasteiger partial charge in [0.2, 0.25) is 0 Å². The molecule has 0 aliphatic carbocycles. The van der Waals surface area contributed by atoms with Crippen LogP contribution in [0.1, 0.15) is 10.4 Å². The van der Waals surface area contributed by atoms with Crippen LogP contribution in [0.5, 0.6) is 0 Å². The molecule has 0 spiro atoms. The SMILES string of the molecule is COCCN(CCOC)c1ccc(N)c(C(=O)O)c1. The van der Waals surface area contributed by atoms with Crippen LogP contribution in [0.3, 0.4) is 0 Å². The number of hydrogen-bond donors (Lipinski definition) is 2. The van der Waals surface area contributed by atoms with Crippen molar-refractivity contribution in [3.63, 3.8) is 0 Å². The smallest absolute Gasteiger partial charge is 0.337 e. The molecule has 0 bridgehead atoms. The fourth-order valence-electron chi connectivity index (χ4n) is 1.70. The van der Waals surface area contributed by atoms with Crippen LogP contribution >= 0.6 is 0 Å². The zero-order chi connectivity index (χ0) is 14.3. The van der Waals surface area contributed by atoms with Crippen molar-refractivity contribution in [2.45, 2.75) is 0 Å². The van der Waals surface area contributed by atoms with Gasteiger partial charge in [-0.1, -0.05) is 0 Å². The summed E-state index contributed by atoms with van der Waals surface area (Å²) in [4.78, 5) is 13.1. The minimum Gasteiger partial charge on any atom is -0.478 e. The molecule has 19 heavy (non-hydrogen) atoms. The lowest BCUT2D eigenvalue weighted by Gasteiger charge is -2.24. The van der Waals surface area contributed by atoms with Crippen LogP contribution in [-0.2, 0) is 9.47 Å². The summed E-state index contributed by atoms with van der Waals surface area (Å²) in [7, 11) is 3.25. The maximum Gasteiger partial charge on any atom is 0.337 e. The Morgan fingerprint density at radius 1 is 1.26 bits per heavy atom. The molecule has 0 unspecified atom stereocenters. The second kappa shape index (κ2) is 7.60. The molecule has 1 aromatic rings. The van der Waals surface area contributed by atoms with Gasteiger partial charge in [-0.05, 0) is 18.2 Å². The molecule has 0 saturated heterocycles. The average Bonchev–Trinajstić information content (AvgIpc) is 2.39. The Hall–Kier alpha value is -1.79. The molecule has 0 radical (unpaired) electrons. The summed E-state index contributed by atoms with van der Waals surface area (Å²) in [6.07, 6.45) is 0. The van der Waals surface area contributed by atoms with Crippen LogP contribution in [-0.4, -0.2) is 51.6 Å². The van der Waals surface area contributed by atoms with E-state index in [-0.39, 0.29) is 11.3 Å². The van der Waals surface area contributed by atoms with Crippen LogP contribution in [0.2, 0.25) is 0 Å². The lowest BCUT2D eigenvalue weighted by Crippen LogP contribution is -2.30. The van der Waals surface area contributed by atoms with Crippen LogP contribution in [0, 0.1) is 0 Å². The van der Waals surface area contributed by atoms with Crippen LogP contribution in [0.4, 0.5) is 11.4 Å². The van der Waals surface area contributed by atoms with Gasteiger partial charge in [0.05, 0.1) is 18.8 Å². The fourth-order valence-corrected chi connectivity index (χ4v) is 1.70. The number of nitrogens with two attached hydrogens (primary N) is 1. The lowest BCUT2D eigenvalue weighted by molar-refractivity contribution is 0.0698. The Balaban J connectivity index is 2.93. The molecule has 1 rings (SSSR count). The first-order chi connectivity index (χ1) is 9.10. The highest BCUT2D eigenvalue weighted by Crippen LogP contribution is 2.21. The molecular formula is C13H20N2O4. The number of anilines is 2. The lowest BCUT2D eigenvalue weighted by atomic mass is 10.1. The Morgan fingerprint density at radius 3 is 2.32 bits per heavy atom. The van der Waals surface area contributed by atoms with E-state index in [0.717, 1.165) is 5.69 Å². The van der Waals surface area contributed by atoms with Crippen molar-refractivity contribution in [3.8, 4) is 0 Å². The van der Waals surface area contributed by atoms with Crippen molar-refractivity contribution in [1.29, 1.82) is 0 Å². The van der Waals surface area contributed by atoms with Gasteiger partial charge < -0.3 is 25.2 Å². The summed E-state index contributed by atoms with van der Waals surface area (Å²) in [6, 6.07) is 4.97. The van der Waals surface area contributed by atoms with Crippen LogP contribution < -0.4 is 10.6 Å². The van der Waals surface area contributed by atoms with E-state index in [2.05, 4.69) is 0 Å². The Kier molecular flexibility index (Phi) is 6.11. The molecule has 0 aromatic heterocycles. The molecule has 6 nitrogen and oxygen atoms in total. The number of carbonyl (C=O) groups is 1. The first kappa shape index (κ1) is 15.3. The average molecular weight is 268 g/mol. The molecule has 0 amide bonds. The highest BCUT2D eigenvalue weighted by atomic mass is 16.5. The summed E-state index contributed by atoms with van der Waals surface area (Å²) >= 11 is 0. The van der Waals surface area contributed by atoms with Gasteiger partial charge in [-0.3, -0.25) is 0 Å². The second-order valence-electron chi connectivity index (χ2n) is 4.05. The molecule has 3 N–H and O–H groups in total. The van der Waals surface area contributed by atoms with Gasteiger partial charge in [0.15, 0.2) is 0 Å². The van der Waals surface area contributed by atoms with E-state index in [9.17, 15) is 4.79 Å². The number of ether oxygens (including phenoxy) is 2. The maximum absolute atomic E-state index is 11.1. The third kappa shape index (κ3) is 4.42. The molecular weight excluding hydrogens is 248 g/mol. The van der Waals surface area contributed by atoms with Gasteiger partial charge in [0.25, 0.3) is 0 Å². The highest BCUT2D eigenvalue weighted by molar-refractivity contribution is 5.94. The van der Waals surface area contributed by atoms with Gasteiger partial charge in [-0.15, -0.1) is 0 Å². The number of rotatable bonds is 8. The minimum atomic E-state index is -1.03. The van der Waals surface area contributed by atoms with E-state index in [1.807, 2.05) is 4.90 Å². The van der Waals surface area contributed by atoms with E-state index in [0.29, 0.717) is 26.3 Å². The number of benzene rings is 1. The monoisotopic (exact) mass is 268 g/mol. The summed E-state index contributed by atoms with van der Waals surface area (Å²) < 4.78 is 10.1. The molecule has 0 atom stereocenters. The van der Waals surface area contributed by atoms with Crippen LogP contribution in [0.15, 0.2) is 18.2 Å². The minimum absolute atomic E-state index is 0.109. The summed E-state index contributed by atoms with van der Waals surface area (Å²) in [6.45, 7) is 2.42. The Labute approximate surface area is 112 Å². The summed E-state index contributed by atoms with van der Waals surface area (Å²) in [5, 5.41) is 9.08. The zero-order valence-corrected chi connectivity index (χ0v) is 11.3. The number of hydrogen-bond acceptors (Lipinski definition) is 5. The number of nitrogens with zero attached hydrogens (tertiary/aromatic N) is 1. The van der Waals surface area contributed by atoms with E-state index in [1.54, 1.807) is 32.4 Å². The second-order valence-corrected chi connectivity index (χ2v) is 4.05. The van der Waals surface area contributed by atoms with Crippen molar-refractivity contribution in [1.82, 2.24) is 0 Å². The quantitative estimate of drug-likeness (QED) is 0.686. The topological polar surface area (TPSA) is 85.0 Å². The first-order valence-electron chi connectivity index (χ1n) is 5.95. The summed E-state index contributed by atoms with van der Waals surface area (Å²) in [5.74, 6) is -1.03. The van der Waals surface area contributed by atoms with Crippen LogP contribution in [0.25, 0.3) is 0 Å². The zero-order valence-electron chi connectivity index (χ0n) is 11.3. The third-order valence-electron chi connectivity index (χ3n) is 2.76. The molecule has 0 heterocycles. The van der Waals surface area contributed by atoms with Gasteiger partial charge >= 0.3 is 5.97 Å².